The summed E-state index contributed by atoms with van der Waals surface area (Å²) in [5.74, 6) is -0.877. The van der Waals surface area contributed by atoms with Crippen molar-refractivity contribution in [3.63, 3.8) is 0 Å². The Labute approximate surface area is 166 Å². The zero-order chi connectivity index (χ0) is 19.6. The summed E-state index contributed by atoms with van der Waals surface area (Å²) in [7, 11) is 0. The molecular formula is C19H22N2O4S2. The van der Waals surface area contributed by atoms with E-state index in [4.69, 9.17) is 0 Å². The first-order valence-corrected chi connectivity index (χ1v) is 10.6. The van der Waals surface area contributed by atoms with Gasteiger partial charge in [-0.15, -0.1) is 23.5 Å². The largest absolute Gasteiger partial charge is 0.477 e. The molecule has 0 aliphatic carbocycles. The zero-order valence-electron chi connectivity index (χ0n) is 15.2. The van der Waals surface area contributed by atoms with E-state index in [2.05, 4.69) is 5.32 Å². The number of fused-ring (bicyclic) bond motifs is 1. The third kappa shape index (κ3) is 4.16. The van der Waals surface area contributed by atoms with Crippen LogP contribution in [0.1, 0.15) is 20.3 Å². The first-order chi connectivity index (χ1) is 12.9. The van der Waals surface area contributed by atoms with Gasteiger partial charge >= 0.3 is 5.97 Å². The molecule has 6 nitrogen and oxygen atoms in total. The van der Waals surface area contributed by atoms with E-state index in [0.29, 0.717) is 18.7 Å². The van der Waals surface area contributed by atoms with Crippen molar-refractivity contribution in [3.8, 4) is 0 Å². The van der Waals surface area contributed by atoms with Crippen LogP contribution in [0.5, 0.6) is 0 Å². The standard InChI is InChI=1S/C19H22N2O4S2/c1-11(27-13-6-4-3-5-7-13)16-14-10-15(26-9-8-20-12(2)22)17(19(24)25)21(14)18(16)23/h3-7,11,14,16H,8-10H2,1-2H3,(H,20,22)(H,24,25)/t11-,14-,16+/m1/s1. The van der Waals surface area contributed by atoms with Crippen LogP contribution in [0.25, 0.3) is 0 Å². The number of β-lactam (4-membered cyclic amide) rings is 1. The smallest absolute Gasteiger partial charge is 0.353 e. The molecule has 1 fully saturated rings. The predicted octanol–water partition coefficient (Wildman–Crippen LogP) is 2.56. The van der Waals surface area contributed by atoms with Crippen molar-refractivity contribution < 1.29 is 19.5 Å². The molecule has 2 heterocycles. The Bertz CT molecular complexity index is 781. The van der Waals surface area contributed by atoms with Gasteiger partial charge < -0.3 is 15.3 Å². The lowest BCUT2D eigenvalue weighted by Crippen LogP contribution is -2.61. The zero-order valence-corrected chi connectivity index (χ0v) is 16.8. The van der Waals surface area contributed by atoms with Gasteiger partial charge in [-0.1, -0.05) is 25.1 Å². The van der Waals surface area contributed by atoms with E-state index in [9.17, 15) is 19.5 Å². The fraction of sp³-hybridized carbons (Fsp3) is 0.421. The second-order valence-electron chi connectivity index (χ2n) is 6.55. The summed E-state index contributed by atoms with van der Waals surface area (Å²) in [5, 5.41) is 12.4. The number of thioether (sulfide) groups is 2. The van der Waals surface area contributed by atoms with Crippen LogP contribution < -0.4 is 5.32 Å². The molecule has 0 radical (unpaired) electrons. The molecule has 0 aromatic heterocycles. The summed E-state index contributed by atoms with van der Waals surface area (Å²) >= 11 is 3.06. The molecule has 1 aromatic rings. The number of amides is 2. The van der Waals surface area contributed by atoms with E-state index in [1.807, 2.05) is 37.3 Å². The molecule has 2 aliphatic heterocycles. The lowest BCUT2D eigenvalue weighted by Gasteiger charge is -2.45. The molecule has 2 aliphatic rings. The van der Waals surface area contributed by atoms with E-state index in [1.54, 1.807) is 11.8 Å². The quantitative estimate of drug-likeness (QED) is 0.392. The summed E-state index contributed by atoms with van der Waals surface area (Å²) in [6.45, 7) is 3.95. The van der Waals surface area contributed by atoms with Crippen LogP contribution in [0.15, 0.2) is 45.8 Å². The number of hydrogen-bond donors (Lipinski definition) is 2. The molecule has 2 N–H and O–H groups in total. The number of carbonyl (C=O) groups excluding carboxylic acids is 2. The number of aliphatic carboxylic acids is 1. The lowest BCUT2D eigenvalue weighted by atomic mass is 9.85. The maximum atomic E-state index is 12.7. The van der Waals surface area contributed by atoms with Crippen LogP contribution in [-0.4, -0.2) is 51.4 Å². The van der Waals surface area contributed by atoms with Gasteiger partial charge in [0.25, 0.3) is 0 Å². The van der Waals surface area contributed by atoms with Gasteiger partial charge in [0, 0.05) is 40.7 Å². The van der Waals surface area contributed by atoms with Gasteiger partial charge in [0.2, 0.25) is 11.8 Å². The minimum absolute atomic E-state index is 0.0694. The molecule has 3 atom stereocenters. The second-order valence-corrected chi connectivity index (χ2v) is 9.19. The number of nitrogens with one attached hydrogen (secondary N) is 1. The number of hydrogen-bond acceptors (Lipinski definition) is 5. The van der Waals surface area contributed by atoms with E-state index in [0.717, 1.165) is 9.80 Å². The molecule has 3 rings (SSSR count). The second kappa shape index (κ2) is 8.39. The van der Waals surface area contributed by atoms with Gasteiger partial charge in [-0.25, -0.2) is 4.79 Å². The van der Waals surface area contributed by atoms with Crippen molar-refractivity contribution in [1.82, 2.24) is 10.2 Å². The van der Waals surface area contributed by atoms with Gasteiger partial charge in [-0.3, -0.25) is 9.59 Å². The average molecular weight is 407 g/mol. The number of carbonyl (C=O) groups is 3. The third-order valence-corrected chi connectivity index (χ3v) is 7.02. The van der Waals surface area contributed by atoms with Crippen LogP contribution >= 0.6 is 23.5 Å². The van der Waals surface area contributed by atoms with Gasteiger partial charge in [-0.2, -0.15) is 0 Å². The van der Waals surface area contributed by atoms with Crippen molar-refractivity contribution in [2.75, 3.05) is 12.3 Å². The van der Waals surface area contributed by atoms with Gasteiger partial charge in [0.15, 0.2) is 0 Å². The highest BCUT2D eigenvalue weighted by molar-refractivity contribution is 8.03. The Balaban J connectivity index is 1.66. The Morgan fingerprint density at radius 3 is 2.67 bits per heavy atom. The lowest BCUT2D eigenvalue weighted by molar-refractivity contribution is -0.154. The Morgan fingerprint density at radius 1 is 1.33 bits per heavy atom. The molecule has 0 unspecified atom stereocenters. The molecular weight excluding hydrogens is 384 g/mol. The molecule has 8 heteroatoms. The van der Waals surface area contributed by atoms with E-state index in [1.165, 1.54) is 23.6 Å². The maximum Gasteiger partial charge on any atom is 0.353 e. The molecule has 0 saturated carbocycles. The molecule has 1 saturated heterocycles. The number of carboxylic acids is 1. The molecule has 0 bridgehead atoms. The topological polar surface area (TPSA) is 86.7 Å². The number of nitrogens with zero attached hydrogens (tertiary/aromatic N) is 1. The van der Waals surface area contributed by atoms with E-state index >= 15 is 0 Å². The summed E-state index contributed by atoms with van der Waals surface area (Å²) in [5.41, 5.74) is 0.117. The summed E-state index contributed by atoms with van der Waals surface area (Å²) in [6, 6.07) is 9.83. The minimum Gasteiger partial charge on any atom is -0.477 e. The van der Waals surface area contributed by atoms with Crippen molar-refractivity contribution >= 4 is 41.3 Å². The molecule has 0 spiro atoms. The number of rotatable bonds is 8. The first-order valence-electron chi connectivity index (χ1n) is 8.78. The minimum atomic E-state index is -1.06. The number of carboxylic acid groups (broad SMARTS) is 1. The van der Waals surface area contributed by atoms with Crippen LogP contribution in [-0.2, 0) is 14.4 Å². The van der Waals surface area contributed by atoms with E-state index < -0.39 is 5.97 Å². The van der Waals surface area contributed by atoms with Crippen molar-refractivity contribution in [3.05, 3.63) is 40.9 Å². The van der Waals surface area contributed by atoms with Crippen LogP contribution in [0, 0.1) is 5.92 Å². The molecule has 27 heavy (non-hydrogen) atoms. The Morgan fingerprint density at radius 2 is 2.04 bits per heavy atom. The molecule has 1 aromatic carbocycles. The SMILES string of the molecule is CC(=O)NCCSC1=C(C(=O)O)N2C(=O)[C@@H]([C@@H](C)Sc3ccccc3)[C@H]2C1. The molecule has 144 valence electrons. The number of benzene rings is 1. The summed E-state index contributed by atoms with van der Waals surface area (Å²) in [6.07, 6.45) is 0.572. The Hall–Kier alpha value is -1.93. The fourth-order valence-electron chi connectivity index (χ4n) is 3.53. The normalized spacial score (nSPS) is 22.3. The highest BCUT2D eigenvalue weighted by Gasteiger charge is 2.56. The predicted molar refractivity (Wildman–Crippen MR) is 106 cm³/mol. The van der Waals surface area contributed by atoms with Crippen LogP contribution in [0.4, 0.5) is 0 Å². The highest BCUT2D eigenvalue weighted by Crippen LogP contribution is 2.49. The summed E-state index contributed by atoms with van der Waals surface area (Å²) < 4.78 is 0. The van der Waals surface area contributed by atoms with Crippen LogP contribution in [0.2, 0.25) is 0 Å². The fourth-order valence-corrected chi connectivity index (χ4v) is 5.78. The molecule has 2 amide bonds. The van der Waals surface area contributed by atoms with Gasteiger partial charge in [0.1, 0.15) is 5.70 Å². The highest BCUT2D eigenvalue weighted by atomic mass is 32.2. The first kappa shape index (κ1) is 19.8. The van der Waals surface area contributed by atoms with Gasteiger partial charge in [0.05, 0.1) is 12.0 Å². The van der Waals surface area contributed by atoms with Crippen molar-refractivity contribution in [2.24, 2.45) is 5.92 Å². The van der Waals surface area contributed by atoms with E-state index in [-0.39, 0.29) is 34.7 Å². The van der Waals surface area contributed by atoms with Crippen molar-refractivity contribution in [1.29, 1.82) is 0 Å². The maximum absolute atomic E-state index is 12.7. The summed E-state index contributed by atoms with van der Waals surface area (Å²) in [4.78, 5) is 38.7. The van der Waals surface area contributed by atoms with Crippen molar-refractivity contribution in [2.45, 2.75) is 36.5 Å². The third-order valence-electron chi connectivity index (χ3n) is 4.69. The van der Waals surface area contributed by atoms with Crippen LogP contribution in [0.3, 0.4) is 0 Å². The Kier molecular flexibility index (Phi) is 6.16. The van der Waals surface area contributed by atoms with Gasteiger partial charge in [-0.05, 0) is 12.1 Å². The average Bonchev–Trinajstić information content (AvgIpc) is 2.94. The monoisotopic (exact) mass is 406 g/mol.